The zero-order chi connectivity index (χ0) is 19.1. The summed E-state index contributed by atoms with van der Waals surface area (Å²) in [6, 6.07) is 15.4. The third kappa shape index (κ3) is 5.07. The number of methoxy groups -OCH3 is 2. The maximum Gasteiger partial charge on any atom is 0.241 e. The first-order valence-corrected chi connectivity index (χ1v) is 8.62. The highest BCUT2D eigenvalue weighted by Crippen LogP contribution is 2.22. The average molecular weight is 366 g/mol. The first kappa shape index (κ1) is 18.4. The highest BCUT2D eigenvalue weighted by atomic mass is 16.5. The molecular weight excluding hydrogens is 344 g/mol. The lowest BCUT2D eigenvalue weighted by Crippen LogP contribution is -2.29. The highest BCUT2D eigenvalue weighted by Gasteiger charge is 2.08. The van der Waals surface area contributed by atoms with E-state index in [9.17, 15) is 4.79 Å². The topological polar surface area (TPSA) is 78.3 Å². The third-order valence-electron chi connectivity index (χ3n) is 4.06. The molecule has 0 aliphatic rings. The summed E-state index contributed by atoms with van der Waals surface area (Å²) < 4.78 is 12.0. The van der Waals surface area contributed by atoms with Crippen LogP contribution in [0.4, 0.5) is 0 Å². The van der Waals surface area contributed by atoms with Gasteiger partial charge in [-0.05, 0) is 24.1 Å². The Balaban J connectivity index is 1.51. The van der Waals surface area contributed by atoms with Crippen molar-refractivity contribution in [1.82, 2.24) is 20.3 Å². The van der Waals surface area contributed by atoms with Gasteiger partial charge in [-0.15, -0.1) is 5.10 Å². The van der Waals surface area contributed by atoms with Gasteiger partial charge in [-0.3, -0.25) is 4.79 Å². The monoisotopic (exact) mass is 366 g/mol. The van der Waals surface area contributed by atoms with E-state index in [0.717, 1.165) is 28.3 Å². The number of aromatic nitrogens is 3. The van der Waals surface area contributed by atoms with Crippen LogP contribution in [-0.4, -0.2) is 41.7 Å². The van der Waals surface area contributed by atoms with E-state index in [4.69, 9.17) is 9.47 Å². The van der Waals surface area contributed by atoms with Crippen LogP contribution in [0.1, 0.15) is 5.56 Å². The van der Waals surface area contributed by atoms with Gasteiger partial charge in [0, 0.05) is 18.2 Å². The number of hydrogen-bond acceptors (Lipinski definition) is 5. The number of nitrogens with zero attached hydrogens (tertiary/aromatic N) is 3. The predicted octanol–water partition coefficient (Wildman–Crippen LogP) is 2.32. The van der Waals surface area contributed by atoms with E-state index in [0.29, 0.717) is 13.0 Å². The molecule has 0 fully saturated rings. The van der Waals surface area contributed by atoms with Crippen molar-refractivity contribution in [3.05, 3.63) is 60.3 Å². The minimum Gasteiger partial charge on any atom is -0.497 e. The SMILES string of the molecule is COc1cc(CCNC(=O)Cn2cc(-c3ccccc3)nn2)cc(OC)c1. The van der Waals surface area contributed by atoms with Crippen LogP contribution in [0.2, 0.25) is 0 Å². The number of hydrogen-bond donors (Lipinski definition) is 1. The largest absolute Gasteiger partial charge is 0.497 e. The van der Waals surface area contributed by atoms with Gasteiger partial charge in [0.25, 0.3) is 0 Å². The smallest absolute Gasteiger partial charge is 0.241 e. The van der Waals surface area contributed by atoms with Crippen molar-refractivity contribution >= 4 is 5.91 Å². The Hall–Kier alpha value is -3.35. The van der Waals surface area contributed by atoms with Crippen molar-refractivity contribution < 1.29 is 14.3 Å². The lowest BCUT2D eigenvalue weighted by Gasteiger charge is -2.09. The summed E-state index contributed by atoms with van der Waals surface area (Å²) in [6.45, 7) is 0.636. The van der Waals surface area contributed by atoms with Crippen molar-refractivity contribution in [1.29, 1.82) is 0 Å². The molecule has 0 aliphatic carbocycles. The molecule has 0 aliphatic heterocycles. The molecule has 1 amide bonds. The van der Waals surface area contributed by atoms with E-state index < -0.39 is 0 Å². The van der Waals surface area contributed by atoms with E-state index >= 15 is 0 Å². The molecule has 0 saturated carbocycles. The molecule has 0 saturated heterocycles. The minimum absolute atomic E-state index is 0.116. The Bertz CT molecular complexity index is 871. The van der Waals surface area contributed by atoms with Crippen LogP contribution in [0.5, 0.6) is 11.5 Å². The van der Waals surface area contributed by atoms with E-state index in [-0.39, 0.29) is 12.5 Å². The Labute approximate surface area is 157 Å². The fourth-order valence-corrected chi connectivity index (χ4v) is 2.68. The molecule has 27 heavy (non-hydrogen) atoms. The van der Waals surface area contributed by atoms with Gasteiger partial charge in [0.2, 0.25) is 5.91 Å². The summed E-state index contributed by atoms with van der Waals surface area (Å²) >= 11 is 0. The van der Waals surface area contributed by atoms with Crippen molar-refractivity contribution in [2.24, 2.45) is 0 Å². The standard InChI is InChI=1S/C20H22N4O3/c1-26-17-10-15(11-18(12-17)27-2)8-9-21-20(25)14-24-13-19(22-23-24)16-6-4-3-5-7-16/h3-7,10-13H,8-9,14H2,1-2H3,(H,21,25). The first-order valence-electron chi connectivity index (χ1n) is 8.62. The number of ether oxygens (including phenoxy) is 2. The molecule has 0 atom stereocenters. The highest BCUT2D eigenvalue weighted by molar-refractivity contribution is 5.75. The van der Waals surface area contributed by atoms with Crippen LogP contribution in [0.3, 0.4) is 0 Å². The predicted molar refractivity (Wildman–Crippen MR) is 102 cm³/mol. The lowest BCUT2D eigenvalue weighted by atomic mass is 10.1. The summed E-state index contributed by atoms with van der Waals surface area (Å²) in [5.41, 5.74) is 2.74. The van der Waals surface area contributed by atoms with Gasteiger partial charge in [-0.25, -0.2) is 4.68 Å². The molecule has 0 spiro atoms. The molecular formula is C20H22N4O3. The molecule has 7 nitrogen and oxygen atoms in total. The minimum atomic E-state index is -0.116. The van der Waals surface area contributed by atoms with Gasteiger partial charge in [-0.1, -0.05) is 35.5 Å². The van der Waals surface area contributed by atoms with Crippen molar-refractivity contribution in [2.45, 2.75) is 13.0 Å². The quantitative estimate of drug-likeness (QED) is 0.662. The normalized spacial score (nSPS) is 10.4. The molecule has 3 rings (SSSR count). The van der Waals surface area contributed by atoms with Gasteiger partial charge < -0.3 is 14.8 Å². The van der Waals surface area contributed by atoms with E-state index in [1.165, 1.54) is 4.68 Å². The van der Waals surface area contributed by atoms with E-state index in [1.54, 1.807) is 20.4 Å². The number of amides is 1. The second-order valence-electron chi connectivity index (χ2n) is 5.99. The Morgan fingerprint density at radius 1 is 1.07 bits per heavy atom. The maximum absolute atomic E-state index is 12.1. The number of carbonyl (C=O) groups excluding carboxylic acids is 1. The molecule has 0 bridgehead atoms. The number of rotatable bonds is 8. The molecule has 2 aromatic carbocycles. The molecule has 1 N–H and O–H groups in total. The van der Waals surface area contributed by atoms with Crippen molar-refractivity contribution in [3.63, 3.8) is 0 Å². The lowest BCUT2D eigenvalue weighted by molar-refractivity contribution is -0.121. The number of benzene rings is 2. The molecule has 0 radical (unpaired) electrons. The average Bonchev–Trinajstić information content (AvgIpc) is 3.16. The van der Waals surface area contributed by atoms with Gasteiger partial charge in [0.15, 0.2) is 0 Å². The Morgan fingerprint density at radius 3 is 2.44 bits per heavy atom. The zero-order valence-corrected chi connectivity index (χ0v) is 15.4. The Morgan fingerprint density at radius 2 is 1.78 bits per heavy atom. The van der Waals surface area contributed by atoms with Crippen LogP contribution >= 0.6 is 0 Å². The fraction of sp³-hybridized carbons (Fsp3) is 0.250. The van der Waals surface area contributed by atoms with Crippen LogP contribution in [0.15, 0.2) is 54.7 Å². The van der Waals surface area contributed by atoms with Crippen molar-refractivity contribution in [3.8, 4) is 22.8 Å². The first-order chi connectivity index (χ1) is 13.2. The molecule has 1 aromatic heterocycles. The van der Waals surface area contributed by atoms with Crippen molar-refractivity contribution in [2.75, 3.05) is 20.8 Å². The molecule has 0 unspecified atom stereocenters. The fourth-order valence-electron chi connectivity index (χ4n) is 2.68. The Kier molecular flexibility index (Phi) is 6.04. The summed E-state index contributed by atoms with van der Waals surface area (Å²) in [7, 11) is 3.23. The van der Waals surface area contributed by atoms with Gasteiger partial charge in [0.05, 0.1) is 20.4 Å². The molecule has 3 aromatic rings. The van der Waals surface area contributed by atoms with E-state index in [2.05, 4.69) is 15.6 Å². The van der Waals surface area contributed by atoms with Crippen LogP contribution in [0, 0.1) is 0 Å². The summed E-state index contributed by atoms with van der Waals surface area (Å²) in [4.78, 5) is 12.1. The second-order valence-corrected chi connectivity index (χ2v) is 5.99. The van der Waals surface area contributed by atoms with Crippen LogP contribution < -0.4 is 14.8 Å². The van der Waals surface area contributed by atoms with Gasteiger partial charge in [-0.2, -0.15) is 0 Å². The summed E-state index contributed by atoms with van der Waals surface area (Å²) in [6.07, 6.45) is 2.44. The van der Waals surface area contributed by atoms with Gasteiger partial charge in [0.1, 0.15) is 23.7 Å². The number of nitrogens with one attached hydrogen (secondary N) is 1. The molecule has 140 valence electrons. The molecule has 1 heterocycles. The van der Waals surface area contributed by atoms with Crippen LogP contribution in [-0.2, 0) is 17.8 Å². The summed E-state index contributed by atoms with van der Waals surface area (Å²) in [5.74, 6) is 1.34. The molecule has 7 heteroatoms. The number of carbonyl (C=O) groups is 1. The van der Waals surface area contributed by atoms with Gasteiger partial charge >= 0.3 is 0 Å². The summed E-state index contributed by atoms with van der Waals surface area (Å²) in [5, 5.41) is 11.0. The maximum atomic E-state index is 12.1. The third-order valence-corrected chi connectivity index (χ3v) is 4.06. The second kappa shape index (κ2) is 8.84. The van der Waals surface area contributed by atoms with Crippen LogP contribution in [0.25, 0.3) is 11.3 Å². The van der Waals surface area contributed by atoms with E-state index in [1.807, 2.05) is 48.5 Å². The zero-order valence-electron chi connectivity index (χ0n) is 15.4.